The number of halogens is 3. The largest absolute Gasteiger partial charge is 0.490 e. The van der Waals surface area contributed by atoms with Gasteiger partial charge in [-0.1, -0.05) is 31.5 Å². The van der Waals surface area contributed by atoms with E-state index in [1.165, 1.54) is 6.07 Å². The molecule has 2 atom stereocenters. The van der Waals surface area contributed by atoms with Crippen LogP contribution in [-0.4, -0.2) is 18.3 Å². The van der Waals surface area contributed by atoms with Gasteiger partial charge in [-0.25, -0.2) is 13.2 Å². The fraction of sp³-hybridized carbons (Fsp3) is 0.520. The second-order valence-electron chi connectivity index (χ2n) is 8.72. The summed E-state index contributed by atoms with van der Waals surface area (Å²) in [5.74, 6) is -1.60. The molecule has 1 saturated heterocycles. The van der Waals surface area contributed by atoms with Crippen molar-refractivity contribution in [2.75, 3.05) is 13.2 Å². The van der Waals surface area contributed by atoms with Gasteiger partial charge in [0.25, 0.3) is 0 Å². The predicted molar refractivity (Wildman–Crippen MR) is 112 cm³/mol. The minimum absolute atomic E-state index is 0.0176. The third-order valence-electron chi connectivity index (χ3n) is 6.49. The van der Waals surface area contributed by atoms with E-state index >= 15 is 0 Å². The Morgan fingerprint density at radius 1 is 1.03 bits per heavy atom. The lowest BCUT2D eigenvalue weighted by atomic mass is 9.78. The second kappa shape index (κ2) is 9.61. The molecule has 1 heterocycles. The third-order valence-corrected chi connectivity index (χ3v) is 6.49. The van der Waals surface area contributed by atoms with Crippen LogP contribution in [0.1, 0.15) is 80.3 Å². The van der Waals surface area contributed by atoms with Crippen LogP contribution in [0.5, 0.6) is 5.75 Å². The van der Waals surface area contributed by atoms with Crippen molar-refractivity contribution in [2.24, 2.45) is 5.92 Å². The smallest absolute Gasteiger partial charge is 0.165 e. The van der Waals surface area contributed by atoms with Crippen LogP contribution in [0.3, 0.4) is 0 Å². The Bertz CT molecular complexity index is 905. The Kier molecular flexibility index (Phi) is 6.87. The minimum Gasteiger partial charge on any atom is -0.490 e. The highest BCUT2D eigenvalue weighted by Crippen LogP contribution is 2.40. The molecule has 31 heavy (non-hydrogen) atoms. The van der Waals surface area contributed by atoms with E-state index in [4.69, 9.17) is 9.47 Å². The molecule has 0 amide bonds. The number of hydrogen-bond donors (Lipinski definition) is 1. The van der Waals surface area contributed by atoms with Gasteiger partial charge in [0.05, 0.1) is 19.3 Å². The monoisotopic (exact) mass is 434 g/mol. The molecule has 2 unspecified atom stereocenters. The molecule has 2 aromatic carbocycles. The van der Waals surface area contributed by atoms with E-state index < -0.39 is 23.6 Å². The number of benzene rings is 2. The van der Waals surface area contributed by atoms with Crippen LogP contribution in [0.2, 0.25) is 0 Å². The molecule has 6 heteroatoms. The average Bonchev–Trinajstić information content (AvgIpc) is 3.60. The molecule has 1 aliphatic heterocycles. The maximum Gasteiger partial charge on any atom is 0.165 e. The highest BCUT2D eigenvalue weighted by molar-refractivity contribution is 5.32. The van der Waals surface area contributed by atoms with Gasteiger partial charge in [-0.05, 0) is 67.2 Å². The Morgan fingerprint density at radius 2 is 1.71 bits per heavy atom. The average molecular weight is 434 g/mol. The molecule has 0 aromatic heterocycles. The maximum absolute atomic E-state index is 14.6. The first-order chi connectivity index (χ1) is 15.0. The van der Waals surface area contributed by atoms with Gasteiger partial charge in [-0.15, -0.1) is 0 Å². The lowest BCUT2D eigenvalue weighted by Crippen LogP contribution is -2.20. The fourth-order valence-corrected chi connectivity index (χ4v) is 4.50. The van der Waals surface area contributed by atoms with Crippen molar-refractivity contribution < 1.29 is 27.8 Å². The Morgan fingerprint density at radius 3 is 2.35 bits per heavy atom. The molecule has 2 aliphatic rings. The van der Waals surface area contributed by atoms with Crippen molar-refractivity contribution in [1.29, 1.82) is 0 Å². The third kappa shape index (κ3) is 5.07. The van der Waals surface area contributed by atoms with E-state index in [9.17, 15) is 18.3 Å². The Balaban J connectivity index is 1.30. The van der Waals surface area contributed by atoms with Crippen LogP contribution < -0.4 is 4.74 Å². The molecule has 1 aliphatic carbocycles. The summed E-state index contributed by atoms with van der Waals surface area (Å²) in [4.78, 5) is 0. The standard InChI is InChI=1S/C25H29F3O3/c1-2-3-21(29)17-8-11-22(20(26)12-17)30-13-15-4-6-16(7-5-15)18-9-10-19(23-14-31-23)25(28)24(18)27/h8-12,15-16,21,23,29H,2-7,13-14H2,1H3. The summed E-state index contributed by atoms with van der Waals surface area (Å²) in [6.45, 7) is 2.80. The van der Waals surface area contributed by atoms with Crippen molar-refractivity contribution in [3.63, 3.8) is 0 Å². The van der Waals surface area contributed by atoms with Crippen molar-refractivity contribution in [3.8, 4) is 5.75 Å². The van der Waals surface area contributed by atoms with E-state index in [0.717, 1.165) is 32.1 Å². The molecule has 2 fully saturated rings. The first kappa shape index (κ1) is 22.2. The lowest BCUT2D eigenvalue weighted by molar-refractivity contribution is 0.165. The zero-order chi connectivity index (χ0) is 22.0. The second-order valence-corrected chi connectivity index (χ2v) is 8.72. The molecule has 4 rings (SSSR count). The summed E-state index contributed by atoms with van der Waals surface area (Å²) in [5, 5.41) is 10.0. The van der Waals surface area contributed by atoms with E-state index in [0.29, 0.717) is 36.3 Å². The molecule has 3 nitrogen and oxygen atoms in total. The summed E-state index contributed by atoms with van der Waals surface area (Å²) in [6, 6.07) is 7.94. The number of rotatable bonds is 8. The number of aliphatic hydroxyl groups is 1. The Hall–Kier alpha value is -2.05. The summed E-state index contributed by atoms with van der Waals surface area (Å²) in [7, 11) is 0. The van der Waals surface area contributed by atoms with Crippen LogP contribution in [0.25, 0.3) is 0 Å². The van der Waals surface area contributed by atoms with Crippen LogP contribution in [0.15, 0.2) is 30.3 Å². The molecule has 1 N–H and O–H groups in total. The summed E-state index contributed by atoms with van der Waals surface area (Å²) in [5.41, 5.74) is 1.30. The van der Waals surface area contributed by atoms with Crippen LogP contribution in [-0.2, 0) is 4.74 Å². The van der Waals surface area contributed by atoms with Gasteiger partial charge in [-0.3, -0.25) is 0 Å². The summed E-state index contributed by atoms with van der Waals surface area (Å²) >= 11 is 0. The van der Waals surface area contributed by atoms with E-state index in [1.807, 2.05) is 6.92 Å². The molecule has 1 saturated carbocycles. The number of aliphatic hydroxyl groups excluding tert-OH is 1. The van der Waals surface area contributed by atoms with Gasteiger partial charge in [0, 0.05) is 5.56 Å². The van der Waals surface area contributed by atoms with E-state index in [-0.39, 0.29) is 23.7 Å². The molecule has 0 spiro atoms. The van der Waals surface area contributed by atoms with Crippen LogP contribution in [0.4, 0.5) is 13.2 Å². The van der Waals surface area contributed by atoms with Gasteiger partial charge in [0.1, 0.15) is 6.10 Å². The maximum atomic E-state index is 14.6. The van der Waals surface area contributed by atoms with Gasteiger partial charge in [-0.2, -0.15) is 0 Å². The van der Waals surface area contributed by atoms with E-state index in [1.54, 1.807) is 24.3 Å². The SMILES string of the molecule is CCCC(O)c1ccc(OCC2CCC(c3ccc(C4CO4)c(F)c3F)CC2)c(F)c1. The molecule has 0 radical (unpaired) electrons. The van der Waals surface area contributed by atoms with Gasteiger partial charge in [0.2, 0.25) is 0 Å². The van der Waals surface area contributed by atoms with Gasteiger partial charge >= 0.3 is 0 Å². The van der Waals surface area contributed by atoms with Gasteiger partial charge < -0.3 is 14.6 Å². The number of epoxide rings is 1. The quantitative estimate of drug-likeness (QED) is 0.492. The summed E-state index contributed by atoms with van der Waals surface area (Å²) < 4.78 is 54.0. The first-order valence-corrected chi connectivity index (χ1v) is 11.2. The number of ether oxygens (including phenoxy) is 2. The topological polar surface area (TPSA) is 42.0 Å². The molecular weight excluding hydrogens is 405 g/mol. The van der Waals surface area contributed by atoms with Gasteiger partial charge in [0.15, 0.2) is 23.2 Å². The fourth-order valence-electron chi connectivity index (χ4n) is 4.50. The zero-order valence-corrected chi connectivity index (χ0v) is 17.8. The molecule has 2 aromatic rings. The van der Waals surface area contributed by atoms with Crippen molar-refractivity contribution in [1.82, 2.24) is 0 Å². The predicted octanol–water partition coefficient (Wildman–Crippen LogP) is 6.36. The normalized spacial score (nSPS) is 24.1. The van der Waals surface area contributed by atoms with Crippen molar-refractivity contribution in [2.45, 2.75) is 63.6 Å². The zero-order valence-electron chi connectivity index (χ0n) is 17.8. The molecule has 168 valence electrons. The highest BCUT2D eigenvalue weighted by Gasteiger charge is 2.32. The minimum atomic E-state index is -0.784. The highest BCUT2D eigenvalue weighted by atomic mass is 19.2. The number of hydrogen-bond acceptors (Lipinski definition) is 3. The molecule has 0 bridgehead atoms. The Labute approximate surface area is 181 Å². The molecular formula is C25H29F3O3. The van der Waals surface area contributed by atoms with E-state index in [2.05, 4.69) is 0 Å². The van der Waals surface area contributed by atoms with Crippen molar-refractivity contribution >= 4 is 0 Å². The van der Waals surface area contributed by atoms with Crippen molar-refractivity contribution in [3.05, 3.63) is 64.5 Å². The summed E-state index contributed by atoms with van der Waals surface area (Å²) in [6.07, 6.45) is 3.55. The first-order valence-electron chi connectivity index (χ1n) is 11.2. The van der Waals surface area contributed by atoms with Crippen LogP contribution >= 0.6 is 0 Å². The van der Waals surface area contributed by atoms with Crippen LogP contribution in [0, 0.1) is 23.4 Å². The lowest BCUT2D eigenvalue weighted by Gasteiger charge is -2.29.